The van der Waals surface area contributed by atoms with Crippen LogP contribution in [-0.2, 0) is 0 Å². The van der Waals surface area contributed by atoms with Crippen LogP contribution in [-0.4, -0.2) is 38.1 Å². The molecule has 0 aromatic carbocycles. The quantitative estimate of drug-likeness (QED) is 0.698. The third-order valence-corrected chi connectivity index (χ3v) is 2.27. The van der Waals surface area contributed by atoms with Gasteiger partial charge < -0.3 is 10.2 Å². The van der Waals surface area contributed by atoms with Crippen molar-refractivity contribution in [2.45, 2.75) is 26.8 Å². The van der Waals surface area contributed by atoms with Crippen molar-refractivity contribution < 1.29 is 0 Å². The van der Waals surface area contributed by atoms with E-state index in [0.717, 1.165) is 13.1 Å². The van der Waals surface area contributed by atoms with Crippen LogP contribution in [0.5, 0.6) is 0 Å². The highest BCUT2D eigenvalue weighted by atomic mass is 15.1. The summed E-state index contributed by atoms with van der Waals surface area (Å²) in [5, 5.41) is 12.1. The molecule has 1 N–H and O–H groups in total. The monoisotopic (exact) mass is 197 g/mol. The molecule has 0 aliphatic heterocycles. The van der Waals surface area contributed by atoms with Crippen molar-refractivity contribution in [2.75, 3.05) is 27.2 Å². The van der Waals surface area contributed by atoms with Crippen molar-refractivity contribution in [1.29, 1.82) is 5.26 Å². The highest BCUT2D eigenvalue weighted by Gasteiger charge is 2.14. The van der Waals surface area contributed by atoms with Crippen molar-refractivity contribution in [2.24, 2.45) is 11.8 Å². The number of hydrogen-bond donors (Lipinski definition) is 1. The standard InChI is InChI=1S/C11H23N3/c1-9(2)11(8-14(4)5)13-7-10(3)6-12/h9-11,13H,7-8H2,1-5H3. The molecule has 0 aromatic rings. The Balaban J connectivity index is 3.92. The van der Waals surface area contributed by atoms with Gasteiger partial charge in [0.2, 0.25) is 0 Å². The Morgan fingerprint density at radius 1 is 1.29 bits per heavy atom. The molecule has 0 amide bonds. The van der Waals surface area contributed by atoms with E-state index in [1.54, 1.807) is 0 Å². The molecule has 0 aliphatic rings. The third-order valence-electron chi connectivity index (χ3n) is 2.27. The smallest absolute Gasteiger partial charge is 0.0666 e. The van der Waals surface area contributed by atoms with Crippen molar-refractivity contribution in [1.82, 2.24) is 10.2 Å². The first-order valence-corrected chi connectivity index (χ1v) is 5.25. The second kappa shape index (κ2) is 6.80. The van der Waals surface area contributed by atoms with Gasteiger partial charge in [0.15, 0.2) is 0 Å². The molecule has 0 spiro atoms. The molecule has 0 radical (unpaired) electrons. The van der Waals surface area contributed by atoms with Gasteiger partial charge in [0.25, 0.3) is 0 Å². The molecule has 0 heterocycles. The van der Waals surface area contributed by atoms with E-state index < -0.39 is 0 Å². The van der Waals surface area contributed by atoms with Crippen LogP contribution in [0.3, 0.4) is 0 Å². The summed E-state index contributed by atoms with van der Waals surface area (Å²) in [7, 11) is 4.15. The van der Waals surface area contributed by atoms with Crippen molar-refractivity contribution in [3.8, 4) is 6.07 Å². The van der Waals surface area contributed by atoms with E-state index >= 15 is 0 Å². The highest BCUT2D eigenvalue weighted by Crippen LogP contribution is 2.03. The maximum atomic E-state index is 8.67. The molecule has 2 atom stereocenters. The van der Waals surface area contributed by atoms with Crippen molar-refractivity contribution >= 4 is 0 Å². The van der Waals surface area contributed by atoms with Crippen LogP contribution in [0.1, 0.15) is 20.8 Å². The minimum absolute atomic E-state index is 0.0958. The van der Waals surface area contributed by atoms with E-state index in [4.69, 9.17) is 5.26 Å². The number of nitrogens with zero attached hydrogens (tertiary/aromatic N) is 2. The summed E-state index contributed by atoms with van der Waals surface area (Å²) in [6, 6.07) is 2.71. The topological polar surface area (TPSA) is 39.1 Å². The fourth-order valence-electron chi connectivity index (χ4n) is 1.28. The first kappa shape index (κ1) is 13.4. The number of nitriles is 1. The lowest BCUT2D eigenvalue weighted by Crippen LogP contribution is -2.43. The summed E-state index contributed by atoms with van der Waals surface area (Å²) < 4.78 is 0. The summed E-state index contributed by atoms with van der Waals surface area (Å²) in [5.41, 5.74) is 0. The summed E-state index contributed by atoms with van der Waals surface area (Å²) >= 11 is 0. The Morgan fingerprint density at radius 3 is 2.21 bits per heavy atom. The Bertz CT molecular complexity index is 181. The molecule has 0 rings (SSSR count). The van der Waals surface area contributed by atoms with Crippen LogP contribution < -0.4 is 5.32 Å². The van der Waals surface area contributed by atoms with Gasteiger partial charge in [-0.1, -0.05) is 13.8 Å². The van der Waals surface area contributed by atoms with Crippen LogP contribution >= 0.6 is 0 Å². The second-order valence-electron chi connectivity index (χ2n) is 4.55. The number of hydrogen-bond acceptors (Lipinski definition) is 3. The van der Waals surface area contributed by atoms with Gasteiger partial charge >= 0.3 is 0 Å². The van der Waals surface area contributed by atoms with Gasteiger partial charge in [-0.3, -0.25) is 0 Å². The van der Waals surface area contributed by atoms with Crippen molar-refractivity contribution in [3.05, 3.63) is 0 Å². The van der Waals surface area contributed by atoms with E-state index in [1.807, 2.05) is 6.92 Å². The SMILES string of the molecule is CC(C#N)CNC(CN(C)C)C(C)C. The average molecular weight is 197 g/mol. The summed E-state index contributed by atoms with van der Waals surface area (Å²) in [5.74, 6) is 0.696. The predicted molar refractivity (Wildman–Crippen MR) is 60.0 cm³/mol. The van der Waals surface area contributed by atoms with Gasteiger partial charge in [0.05, 0.1) is 12.0 Å². The molecule has 0 saturated carbocycles. The second-order valence-corrected chi connectivity index (χ2v) is 4.55. The van der Waals surface area contributed by atoms with Crippen LogP contribution in [0.15, 0.2) is 0 Å². The largest absolute Gasteiger partial charge is 0.311 e. The van der Waals surface area contributed by atoms with Crippen molar-refractivity contribution in [3.63, 3.8) is 0 Å². The Labute approximate surface area is 88.1 Å². The zero-order valence-electron chi connectivity index (χ0n) is 10.0. The lowest BCUT2D eigenvalue weighted by atomic mass is 10.0. The van der Waals surface area contributed by atoms with Gasteiger partial charge in [-0.15, -0.1) is 0 Å². The predicted octanol–water partition coefficient (Wildman–Crippen LogP) is 1.32. The minimum atomic E-state index is 0.0958. The molecule has 0 saturated heterocycles. The Kier molecular flexibility index (Phi) is 6.52. The normalized spacial score (nSPS) is 15.6. The molecule has 0 aromatic heterocycles. The van der Waals surface area contributed by atoms with Crippen LogP contribution in [0.25, 0.3) is 0 Å². The van der Waals surface area contributed by atoms with E-state index in [2.05, 4.69) is 44.2 Å². The first-order valence-electron chi connectivity index (χ1n) is 5.25. The molecule has 3 heteroatoms. The van der Waals surface area contributed by atoms with Gasteiger partial charge in [-0.2, -0.15) is 5.26 Å². The highest BCUT2D eigenvalue weighted by molar-refractivity contribution is 4.83. The van der Waals surface area contributed by atoms with Gasteiger partial charge in [-0.25, -0.2) is 0 Å². The summed E-state index contributed by atoms with van der Waals surface area (Å²) in [4.78, 5) is 2.18. The Morgan fingerprint density at radius 2 is 1.86 bits per heavy atom. The third kappa shape index (κ3) is 5.95. The van der Waals surface area contributed by atoms with E-state index in [9.17, 15) is 0 Å². The number of rotatable bonds is 6. The van der Waals surface area contributed by atoms with Gasteiger partial charge in [0, 0.05) is 19.1 Å². The molecular weight excluding hydrogens is 174 g/mol. The zero-order valence-corrected chi connectivity index (χ0v) is 10.0. The molecular formula is C11H23N3. The lowest BCUT2D eigenvalue weighted by molar-refractivity contribution is 0.285. The zero-order chi connectivity index (χ0) is 11.1. The maximum absolute atomic E-state index is 8.67. The number of nitrogens with one attached hydrogen (secondary N) is 1. The molecule has 82 valence electrons. The molecule has 0 aliphatic carbocycles. The summed E-state index contributed by atoms with van der Waals surface area (Å²) in [6.45, 7) is 8.17. The van der Waals surface area contributed by atoms with Crippen LogP contribution in [0.2, 0.25) is 0 Å². The maximum Gasteiger partial charge on any atom is 0.0666 e. The van der Waals surface area contributed by atoms with Gasteiger partial charge in [0.1, 0.15) is 0 Å². The average Bonchev–Trinajstić information content (AvgIpc) is 2.10. The van der Waals surface area contributed by atoms with E-state index in [1.165, 1.54) is 0 Å². The minimum Gasteiger partial charge on any atom is -0.311 e. The van der Waals surface area contributed by atoms with Crippen LogP contribution in [0.4, 0.5) is 0 Å². The van der Waals surface area contributed by atoms with E-state index in [0.29, 0.717) is 12.0 Å². The molecule has 3 nitrogen and oxygen atoms in total. The van der Waals surface area contributed by atoms with Crippen LogP contribution in [0, 0.1) is 23.2 Å². The van der Waals surface area contributed by atoms with Gasteiger partial charge in [-0.05, 0) is 26.9 Å². The molecule has 0 fully saturated rings. The van der Waals surface area contributed by atoms with E-state index in [-0.39, 0.29) is 5.92 Å². The fraction of sp³-hybridized carbons (Fsp3) is 0.909. The molecule has 14 heavy (non-hydrogen) atoms. The molecule has 0 bridgehead atoms. The summed E-state index contributed by atoms with van der Waals surface area (Å²) in [6.07, 6.45) is 0. The fourth-order valence-corrected chi connectivity index (χ4v) is 1.28. The Hall–Kier alpha value is -0.590. The lowest BCUT2D eigenvalue weighted by Gasteiger charge is -2.26. The first-order chi connectivity index (χ1) is 6.47. The number of likely N-dealkylation sites (N-methyl/N-ethyl adjacent to an activating group) is 1. The molecule has 2 unspecified atom stereocenters.